The second-order valence-corrected chi connectivity index (χ2v) is 6.70. The molecule has 0 aliphatic rings. The van der Waals surface area contributed by atoms with Gasteiger partial charge < -0.3 is 10.6 Å². The minimum absolute atomic E-state index is 0.0267. The summed E-state index contributed by atoms with van der Waals surface area (Å²) in [6.07, 6.45) is 0. The number of carbonyl (C=O) groups is 1. The molecule has 3 rings (SSSR count). The third kappa shape index (κ3) is 4.69. The van der Waals surface area contributed by atoms with Crippen LogP contribution in [0.2, 0.25) is 5.02 Å². The summed E-state index contributed by atoms with van der Waals surface area (Å²) in [6.45, 7) is 4.29. The summed E-state index contributed by atoms with van der Waals surface area (Å²) in [5.74, 6) is 0.0472. The van der Waals surface area contributed by atoms with Gasteiger partial charge in [0.1, 0.15) is 11.4 Å². The molecule has 3 aromatic rings. The van der Waals surface area contributed by atoms with Gasteiger partial charge in [0.15, 0.2) is 5.82 Å². The Balaban J connectivity index is 1.65. The van der Waals surface area contributed by atoms with Crippen LogP contribution in [0.3, 0.4) is 0 Å². The number of rotatable bonds is 7. The number of hydrogen-bond acceptors (Lipinski definition) is 6. The molecule has 1 aromatic carbocycles. The minimum Gasteiger partial charge on any atom is -0.378 e. The molecule has 0 saturated carbocycles. The zero-order valence-electron chi connectivity index (χ0n) is 15.8. The molecule has 0 radical (unpaired) electrons. The highest BCUT2D eigenvalue weighted by atomic mass is 35.5. The number of amides is 1. The van der Waals surface area contributed by atoms with E-state index in [0.717, 1.165) is 11.4 Å². The van der Waals surface area contributed by atoms with E-state index in [1.807, 2.05) is 19.9 Å². The molecule has 10 heteroatoms. The molecular formula is C19H19ClN6O3. The highest BCUT2D eigenvalue weighted by Gasteiger charge is 2.16. The largest absolute Gasteiger partial charge is 0.378 e. The molecule has 2 heterocycles. The zero-order chi connectivity index (χ0) is 21.0. The summed E-state index contributed by atoms with van der Waals surface area (Å²) in [5.41, 5.74) is 2.17. The van der Waals surface area contributed by atoms with E-state index in [0.29, 0.717) is 18.1 Å². The number of hydrogen-bond donors (Lipinski definition) is 2. The van der Waals surface area contributed by atoms with E-state index in [1.165, 1.54) is 6.07 Å². The van der Waals surface area contributed by atoms with Crippen molar-refractivity contribution in [3.63, 3.8) is 0 Å². The average Bonchev–Trinajstić information content (AvgIpc) is 3.03. The van der Waals surface area contributed by atoms with Crippen molar-refractivity contribution in [2.75, 3.05) is 18.4 Å². The Morgan fingerprint density at radius 1 is 1.21 bits per heavy atom. The molecule has 29 heavy (non-hydrogen) atoms. The van der Waals surface area contributed by atoms with Crippen LogP contribution in [0.4, 0.5) is 11.4 Å². The van der Waals surface area contributed by atoms with Crippen molar-refractivity contribution in [1.82, 2.24) is 20.1 Å². The number of pyridine rings is 1. The van der Waals surface area contributed by atoms with Gasteiger partial charge >= 0.3 is 0 Å². The SMILES string of the molecule is Cc1cc(C)n(-c2ccc(Cl)c(C(=O)NCCNc3ccccc3[N+](=O)[O-])n2)n1. The normalized spacial score (nSPS) is 10.6. The van der Waals surface area contributed by atoms with Crippen molar-refractivity contribution >= 4 is 28.9 Å². The van der Waals surface area contributed by atoms with Crippen LogP contribution in [0.15, 0.2) is 42.5 Å². The van der Waals surface area contributed by atoms with Gasteiger partial charge in [-0.25, -0.2) is 9.67 Å². The van der Waals surface area contributed by atoms with Gasteiger partial charge in [-0.15, -0.1) is 0 Å². The first-order valence-electron chi connectivity index (χ1n) is 8.82. The number of nitrogens with one attached hydrogen (secondary N) is 2. The second-order valence-electron chi connectivity index (χ2n) is 6.30. The number of nitro benzene ring substituents is 1. The summed E-state index contributed by atoms with van der Waals surface area (Å²) in [5, 5.41) is 21.3. The summed E-state index contributed by atoms with van der Waals surface area (Å²) in [4.78, 5) is 27.4. The topological polar surface area (TPSA) is 115 Å². The van der Waals surface area contributed by atoms with Crippen molar-refractivity contribution in [3.05, 3.63) is 74.7 Å². The molecule has 0 aliphatic heterocycles. The maximum Gasteiger partial charge on any atom is 0.292 e. The Morgan fingerprint density at radius 2 is 1.97 bits per heavy atom. The minimum atomic E-state index is -0.463. The Morgan fingerprint density at radius 3 is 2.66 bits per heavy atom. The van der Waals surface area contributed by atoms with Crippen molar-refractivity contribution < 1.29 is 9.72 Å². The van der Waals surface area contributed by atoms with Crippen molar-refractivity contribution in [2.45, 2.75) is 13.8 Å². The lowest BCUT2D eigenvalue weighted by Crippen LogP contribution is -2.30. The molecule has 0 saturated heterocycles. The molecule has 2 N–H and O–H groups in total. The maximum absolute atomic E-state index is 12.5. The lowest BCUT2D eigenvalue weighted by molar-refractivity contribution is -0.384. The van der Waals surface area contributed by atoms with Crippen molar-refractivity contribution in [3.8, 4) is 5.82 Å². The highest BCUT2D eigenvalue weighted by Crippen LogP contribution is 2.22. The summed E-state index contributed by atoms with van der Waals surface area (Å²) in [6, 6.07) is 11.5. The Kier molecular flexibility index (Phi) is 6.08. The van der Waals surface area contributed by atoms with Crippen LogP contribution in [-0.4, -0.2) is 38.7 Å². The first kappa shape index (κ1) is 20.3. The van der Waals surface area contributed by atoms with Crippen molar-refractivity contribution in [2.24, 2.45) is 0 Å². The quantitative estimate of drug-likeness (QED) is 0.348. The van der Waals surface area contributed by atoms with Gasteiger partial charge in [0.25, 0.3) is 11.6 Å². The molecule has 2 aromatic heterocycles. The van der Waals surface area contributed by atoms with E-state index in [9.17, 15) is 14.9 Å². The third-order valence-corrected chi connectivity index (χ3v) is 4.40. The standard InChI is InChI=1S/C19H19ClN6O3/c1-12-11-13(2)25(24-12)17-8-7-14(20)18(23-17)19(27)22-10-9-21-15-5-3-4-6-16(15)26(28)29/h3-8,11,21H,9-10H2,1-2H3,(H,22,27). The number of halogens is 1. The van der Waals surface area contributed by atoms with E-state index in [1.54, 1.807) is 35.0 Å². The predicted octanol–water partition coefficient (Wildman–Crippen LogP) is 3.29. The fourth-order valence-electron chi connectivity index (χ4n) is 2.81. The fraction of sp³-hybridized carbons (Fsp3) is 0.211. The van der Waals surface area contributed by atoms with Crippen molar-refractivity contribution in [1.29, 1.82) is 0 Å². The summed E-state index contributed by atoms with van der Waals surface area (Å²) in [7, 11) is 0. The van der Waals surface area contributed by atoms with E-state index < -0.39 is 10.8 Å². The number of nitro groups is 1. The number of benzene rings is 1. The van der Waals surface area contributed by atoms with Gasteiger partial charge in [-0.1, -0.05) is 23.7 Å². The lowest BCUT2D eigenvalue weighted by Gasteiger charge is -2.10. The molecule has 0 bridgehead atoms. The van der Waals surface area contributed by atoms with Gasteiger partial charge in [-0.3, -0.25) is 14.9 Å². The maximum atomic E-state index is 12.5. The number of aromatic nitrogens is 3. The molecule has 0 atom stereocenters. The van der Waals surface area contributed by atoms with Crippen LogP contribution in [0.1, 0.15) is 21.9 Å². The number of carbonyl (C=O) groups excluding carboxylic acids is 1. The van der Waals surface area contributed by atoms with Gasteiger partial charge in [0.05, 0.1) is 15.6 Å². The van der Waals surface area contributed by atoms with Crippen LogP contribution >= 0.6 is 11.6 Å². The fourth-order valence-corrected chi connectivity index (χ4v) is 3.00. The zero-order valence-corrected chi connectivity index (χ0v) is 16.6. The Labute approximate surface area is 171 Å². The molecule has 1 amide bonds. The summed E-state index contributed by atoms with van der Waals surface area (Å²) < 4.78 is 1.64. The number of nitrogens with zero attached hydrogens (tertiary/aromatic N) is 4. The van der Waals surface area contributed by atoms with E-state index in [2.05, 4.69) is 20.7 Å². The van der Waals surface area contributed by atoms with Crippen LogP contribution in [-0.2, 0) is 0 Å². The van der Waals surface area contributed by atoms with Crippen LogP contribution < -0.4 is 10.6 Å². The van der Waals surface area contributed by atoms with Gasteiger partial charge in [-0.2, -0.15) is 5.10 Å². The number of aryl methyl sites for hydroxylation is 2. The van der Waals surface area contributed by atoms with Gasteiger partial charge in [0, 0.05) is 24.8 Å². The highest BCUT2D eigenvalue weighted by molar-refractivity contribution is 6.33. The van der Waals surface area contributed by atoms with Gasteiger partial charge in [-0.05, 0) is 38.1 Å². The molecule has 0 fully saturated rings. The molecule has 9 nitrogen and oxygen atoms in total. The number of anilines is 1. The molecule has 0 unspecified atom stereocenters. The van der Waals surface area contributed by atoms with Crippen LogP contribution in [0.5, 0.6) is 0 Å². The Bertz CT molecular complexity index is 1070. The van der Waals surface area contributed by atoms with Gasteiger partial charge in [0.2, 0.25) is 0 Å². The summed E-state index contributed by atoms with van der Waals surface area (Å²) >= 11 is 6.14. The molecule has 0 aliphatic carbocycles. The third-order valence-electron chi connectivity index (χ3n) is 4.10. The van der Waals surface area contributed by atoms with E-state index >= 15 is 0 Å². The van der Waals surface area contributed by atoms with E-state index in [4.69, 9.17) is 11.6 Å². The smallest absolute Gasteiger partial charge is 0.292 e. The Hall–Kier alpha value is -3.46. The first-order chi connectivity index (χ1) is 13.9. The molecular weight excluding hydrogens is 396 g/mol. The number of para-hydroxylation sites is 2. The van der Waals surface area contributed by atoms with Crippen LogP contribution in [0.25, 0.3) is 5.82 Å². The lowest BCUT2D eigenvalue weighted by atomic mass is 10.2. The molecule has 0 spiro atoms. The predicted molar refractivity (Wildman–Crippen MR) is 110 cm³/mol. The first-order valence-corrected chi connectivity index (χ1v) is 9.20. The average molecular weight is 415 g/mol. The second kappa shape index (κ2) is 8.70. The monoisotopic (exact) mass is 414 g/mol. The van der Waals surface area contributed by atoms with E-state index in [-0.39, 0.29) is 22.9 Å². The van der Waals surface area contributed by atoms with Crippen LogP contribution in [0, 0.1) is 24.0 Å². The molecule has 150 valence electrons.